The van der Waals surface area contributed by atoms with Gasteiger partial charge in [0.25, 0.3) is 5.91 Å². The van der Waals surface area contributed by atoms with Gasteiger partial charge in [-0.25, -0.2) is 4.79 Å². The van der Waals surface area contributed by atoms with E-state index in [1.807, 2.05) is 24.3 Å². The van der Waals surface area contributed by atoms with Crippen molar-refractivity contribution in [2.75, 3.05) is 19.6 Å². The van der Waals surface area contributed by atoms with E-state index in [9.17, 15) is 14.7 Å². The number of rotatable bonds is 4. The molecular weight excluding hydrogens is 368 g/mol. The maximum Gasteiger partial charge on any atom is 0.410 e. The van der Waals surface area contributed by atoms with Crippen LogP contribution in [0.2, 0.25) is 5.02 Å². The molecule has 2 aromatic carbocycles. The summed E-state index contributed by atoms with van der Waals surface area (Å²) in [4.78, 5) is 28.2. The minimum atomic E-state index is -0.346. The molecule has 0 aliphatic carbocycles. The molecule has 0 spiro atoms. The fourth-order valence-electron chi connectivity index (χ4n) is 3.69. The van der Waals surface area contributed by atoms with Crippen molar-refractivity contribution >= 4 is 23.6 Å². The highest BCUT2D eigenvalue weighted by Gasteiger charge is 2.48. The monoisotopic (exact) mass is 386 g/mol. The van der Waals surface area contributed by atoms with Gasteiger partial charge in [0.05, 0.1) is 18.2 Å². The van der Waals surface area contributed by atoms with Crippen molar-refractivity contribution in [2.24, 2.45) is 0 Å². The van der Waals surface area contributed by atoms with Crippen molar-refractivity contribution in [1.82, 2.24) is 9.80 Å². The largest absolute Gasteiger partial charge is 0.507 e. The zero-order valence-corrected chi connectivity index (χ0v) is 15.3. The second-order valence-electron chi connectivity index (χ2n) is 6.79. The number of hydrogen-bond acceptors (Lipinski definition) is 4. The van der Waals surface area contributed by atoms with Gasteiger partial charge in [0, 0.05) is 18.1 Å². The molecule has 2 atom stereocenters. The second kappa shape index (κ2) is 7.12. The number of benzene rings is 2. The highest BCUT2D eigenvalue weighted by Crippen LogP contribution is 2.29. The molecule has 0 aromatic heterocycles. The van der Waals surface area contributed by atoms with Crippen LogP contribution >= 0.6 is 11.6 Å². The van der Waals surface area contributed by atoms with Crippen LogP contribution in [0.5, 0.6) is 5.75 Å². The Morgan fingerprint density at radius 3 is 2.78 bits per heavy atom. The van der Waals surface area contributed by atoms with Gasteiger partial charge in [-0.05, 0) is 36.2 Å². The number of likely N-dealkylation sites (tertiary alicyclic amines) is 1. The molecule has 140 valence electrons. The SMILES string of the molecule is O=C(c1ccccc1O)N1C[C@@H]2OC(=O)N(CCc3cccc(Cl)c3)[C@@H]2C1. The summed E-state index contributed by atoms with van der Waals surface area (Å²) in [7, 11) is 0. The third-order valence-corrected chi connectivity index (χ3v) is 5.31. The first-order valence-electron chi connectivity index (χ1n) is 8.82. The molecule has 0 saturated carbocycles. The normalized spacial score (nSPS) is 21.3. The molecule has 2 aliphatic heterocycles. The van der Waals surface area contributed by atoms with Crippen LogP contribution in [0.15, 0.2) is 48.5 Å². The molecule has 0 radical (unpaired) electrons. The number of ether oxygens (including phenoxy) is 1. The van der Waals surface area contributed by atoms with Crippen molar-refractivity contribution in [1.29, 1.82) is 0 Å². The highest BCUT2D eigenvalue weighted by molar-refractivity contribution is 6.30. The zero-order valence-electron chi connectivity index (χ0n) is 14.5. The van der Waals surface area contributed by atoms with E-state index in [0.717, 1.165) is 5.56 Å². The van der Waals surface area contributed by atoms with Crippen molar-refractivity contribution in [2.45, 2.75) is 18.6 Å². The van der Waals surface area contributed by atoms with E-state index in [1.54, 1.807) is 28.0 Å². The van der Waals surface area contributed by atoms with E-state index in [0.29, 0.717) is 31.1 Å². The first-order valence-corrected chi connectivity index (χ1v) is 9.19. The van der Waals surface area contributed by atoms with E-state index in [-0.39, 0.29) is 35.5 Å². The molecular formula is C20H19ClN2O4. The van der Waals surface area contributed by atoms with Gasteiger partial charge in [-0.3, -0.25) is 9.69 Å². The Morgan fingerprint density at radius 2 is 2.00 bits per heavy atom. The summed E-state index contributed by atoms with van der Waals surface area (Å²) in [5.41, 5.74) is 1.30. The van der Waals surface area contributed by atoms with Gasteiger partial charge in [0.15, 0.2) is 0 Å². The molecule has 0 bridgehead atoms. The number of aromatic hydroxyl groups is 1. The summed E-state index contributed by atoms with van der Waals surface area (Å²) in [6.45, 7) is 1.22. The summed E-state index contributed by atoms with van der Waals surface area (Å²) >= 11 is 6.01. The van der Waals surface area contributed by atoms with Gasteiger partial charge >= 0.3 is 6.09 Å². The summed E-state index contributed by atoms with van der Waals surface area (Å²) < 4.78 is 5.46. The van der Waals surface area contributed by atoms with Crippen LogP contribution in [0.3, 0.4) is 0 Å². The third-order valence-electron chi connectivity index (χ3n) is 5.08. The van der Waals surface area contributed by atoms with Gasteiger partial charge in [-0.1, -0.05) is 35.9 Å². The van der Waals surface area contributed by atoms with Crippen molar-refractivity contribution in [3.05, 3.63) is 64.7 Å². The predicted molar refractivity (Wildman–Crippen MR) is 99.9 cm³/mol. The maximum atomic E-state index is 12.7. The van der Waals surface area contributed by atoms with Crippen molar-refractivity contribution in [3.63, 3.8) is 0 Å². The number of fused-ring (bicyclic) bond motifs is 1. The van der Waals surface area contributed by atoms with Crippen LogP contribution in [-0.4, -0.2) is 58.7 Å². The molecule has 6 nitrogen and oxygen atoms in total. The quantitative estimate of drug-likeness (QED) is 0.877. The summed E-state index contributed by atoms with van der Waals surface area (Å²) in [5, 5.41) is 10.6. The Balaban J connectivity index is 1.44. The number of hydrogen-bond donors (Lipinski definition) is 1. The Hall–Kier alpha value is -2.73. The van der Waals surface area contributed by atoms with Gasteiger partial charge in [0.1, 0.15) is 11.9 Å². The van der Waals surface area contributed by atoms with Crippen molar-refractivity contribution < 1.29 is 19.4 Å². The van der Waals surface area contributed by atoms with Crippen LogP contribution in [0.4, 0.5) is 4.79 Å². The molecule has 2 aliphatic rings. The lowest BCUT2D eigenvalue weighted by molar-refractivity contribution is 0.0725. The topological polar surface area (TPSA) is 70.1 Å². The number of phenols is 1. The van der Waals surface area contributed by atoms with E-state index >= 15 is 0 Å². The zero-order chi connectivity index (χ0) is 19.0. The van der Waals surface area contributed by atoms with Gasteiger partial charge < -0.3 is 14.7 Å². The average molecular weight is 387 g/mol. The molecule has 2 fully saturated rings. The summed E-state index contributed by atoms with van der Waals surface area (Å²) in [6, 6.07) is 13.8. The molecule has 7 heteroatoms. The fourth-order valence-corrected chi connectivity index (χ4v) is 3.91. The molecule has 2 saturated heterocycles. The molecule has 0 unspecified atom stereocenters. The number of nitrogens with zero attached hydrogens (tertiary/aromatic N) is 2. The molecule has 27 heavy (non-hydrogen) atoms. The predicted octanol–water partition coefficient (Wildman–Crippen LogP) is 2.93. The molecule has 1 N–H and O–H groups in total. The first kappa shape index (κ1) is 17.7. The van der Waals surface area contributed by atoms with Crippen LogP contribution in [0.25, 0.3) is 0 Å². The standard InChI is InChI=1S/C20H19ClN2O4/c21-14-5-3-4-13(10-14)8-9-23-16-11-22(12-18(16)27-20(23)26)19(25)15-6-1-2-7-17(15)24/h1-7,10,16,18,24H,8-9,11-12H2/t16-,18+/m1/s1. The lowest BCUT2D eigenvalue weighted by Gasteiger charge is -2.22. The van der Waals surface area contributed by atoms with Crippen LogP contribution in [-0.2, 0) is 11.2 Å². The minimum absolute atomic E-state index is 0.0469. The summed E-state index contributed by atoms with van der Waals surface area (Å²) in [6.07, 6.45) is -0.0277. The smallest absolute Gasteiger partial charge is 0.410 e. The second-order valence-corrected chi connectivity index (χ2v) is 7.23. The van der Waals surface area contributed by atoms with E-state index in [4.69, 9.17) is 16.3 Å². The molecule has 4 rings (SSSR count). The van der Waals surface area contributed by atoms with Crippen LogP contribution < -0.4 is 0 Å². The summed E-state index contributed by atoms with van der Waals surface area (Å²) in [5.74, 6) is -0.303. The fraction of sp³-hybridized carbons (Fsp3) is 0.300. The highest BCUT2D eigenvalue weighted by atomic mass is 35.5. The lowest BCUT2D eigenvalue weighted by atomic mass is 10.1. The number of carbonyl (C=O) groups is 2. The Kier molecular flexibility index (Phi) is 4.66. The Morgan fingerprint density at radius 1 is 1.19 bits per heavy atom. The van der Waals surface area contributed by atoms with Crippen LogP contribution in [0.1, 0.15) is 15.9 Å². The lowest BCUT2D eigenvalue weighted by Crippen LogP contribution is -2.40. The van der Waals surface area contributed by atoms with Crippen LogP contribution in [0, 0.1) is 0 Å². The van der Waals surface area contributed by atoms with Gasteiger partial charge in [-0.15, -0.1) is 0 Å². The van der Waals surface area contributed by atoms with E-state index < -0.39 is 0 Å². The Labute approximate surface area is 161 Å². The van der Waals surface area contributed by atoms with Gasteiger partial charge in [0.2, 0.25) is 0 Å². The van der Waals surface area contributed by atoms with E-state index in [1.165, 1.54) is 6.07 Å². The van der Waals surface area contributed by atoms with Gasteiger partial charge in [-0.2, -0.15) is 0 Å². The molecule has 2 aromatic rings. The van der Waals surface area contributed by atoms with E-state index in [2.05, 4.69) is 0 Å². The number of para-hydroxylation sites is 1. The maximum absolute atomic E-state index is 12.7. The van der Waals surface area contributed by atoms with Crippen molar-refractivity contribution in [3.8, 4) is 5.75 Å². The first-order chi connectivity index (χ1) is 13.0. The Bertz CT molecular complexity index is 888. The number of phenolic OH excluding ortho intramolecular Hbond substituents is 1. The third kappa shape index (κ3) is 3.45. The number of carbonyl (C=O) groups excluding carboxylic acids is 2. The molecule has 2 heterocycles. The average Bonchev–Trinajstić information content (AvgIpc) is 3.17. The number of amides is 2. The minimum Gasteiger partial charge on any atom is -0.507 e. The number of halogens is 1. The molecule has 2 amide bonds.